The minimum absolute atomic E-state index is 0.383. The summed E-state index contributed by atoms with van der Waals surface area (Å²) >= 11 is 0. The Hall–Kier alpha value is -2.89. The molecule has 2 N–H and O–H groups in total. The van der Waals surface area contributed by atoms with Crippen LogP contribution in [0.15, 0.2) is 50.6 Å². The van der Waals surface area contributed by atoms with Crippen LogP contribution in [0.2, 0.25) is 0 Å². The molecule has 2 rings (SSSR count). The second kappa shape index (κ2) is 9.88. The fraction of sp³-hybridized carbons (Fsp3) is 0.409. The van der Waals surface area contributed by atoms with Crippen LogP contribution in [0.1, 0.15) is 51.2 Å². The van der Waals surface area contributed by atoms with Gasteiger partial charge in [0.1, 0.15) is 5.82 Å². The highest BCUT2D eigenvalue weighted by molar-refractivity contribution is 5.87. The molecule has 0 atom stereocenters. The zero-order valence-electron chi connectivity index (χ0n) is 17.4. The Balaban J connectivity index is 2.37. The molecular weight excluding hydrogens is 352 g/mol. The summed E-state index contributed by atoms with van der Waals surface area (Å²) in [4.78, 5) is 31.3. The standard InChI is InChI=1S/C22H30N4O2/c1-6-10-18(24-19-12-9-8-11-15(19)3)14-16(4)23-20-17(5)21(27)25-22(28)26(20)13-7-2/h8-12,24H,6-7,13-14H2,1-5H3,(H,25,27,28)/b18-10+,23-16?. The lowest BCUT2D eigenvalue weighted by Crippen LogP contribution is -2.31. The predicted octanol–water partition coefficient (Wildman–Crippen LogP) is 4.45. The number of para-hydroxylation sites is 1. The minimum Gasteiger partial charge on any atom is -0.359 e. The largest absolute Gasteiger partial charge is 0.359 e. The normalized spacial score (nSPS) is 12.3. The van der Waals surface area contributed by atoms with Crippen molar-refractivity contribution in [2.24, 2.45) is 4.99 Å². The van der Waals surface area contributed by atoms with E-state index >= 15 is 0 Å². The number of hydrogen-bond acceptors (Lipinski definition) is 4. The number of benzene rings is 1. The summed E-state index contributed by atoms with van der Waals surface area (Å²) in [5.74, 6) is 0.444. The molecule has 0 unspecified atom stereocenters. The Morgan fingerprint density at radius 3 is 2.57 bits per heavy atom. The SMILES string of the molecule is CC/C=C(\CC(C)=Nc1c(C)c(=O)[nH]c(=O)n1CCC)Nc1ccccc1C. The van der Waals surface area contributed by atoms with Gasteiger partial charge in [0.2, 0.25) is 0 Å². The number of aromatic nitrogens is 2. The highest BCUT2D eigenvalue weighted by Crippen LogP contribution is 2.19. The quantitative estimate of drug-likeness (QED) is 0.662. The van der Waals surface area contributed by atoms with E-state index in [2.05, 4.69) is 41.3 Å². The summed E-state index contributed by atoms with van der Waals surface area (Å²) in [5.41, 5.74) is 3.77. The van der Waals surface area contributed by atoms with E-state index in [1.165, 1.54) is 10.1 Å². The molecule has 0 amide bonds. The van der Waals surface area contributed by atoms with Crippen molar-refractivity contribution in [1.29, 1.82) is 0 Å². The number of aliphatic imine (C=N–C) groups is 1. The number of rotatable bonds is 8. The van der Waals surface area contributed by atoms with Gasteiger partial charge in [0.25, 0.3) is 5.56 Å². The smallest absolute Gasteiger partial charge is 0.329 e. The van der Waals surface area contributed by atoms with Crippen LogP contribution in [-0.4, -0.2) is 15.3 Å². The van der Waals surface area contributed by atoms with Crippen LogP contribution >= 0.6 is 0 Å². The van der Waals surface area contributed by atoms with Gasteiger partial charge in [-0.15, -0.1) is 0 Å². The van der Waals surface area contributed by atoms with Gasteiger partial charge in [0, 0.05) is 30.1 Å². The number of nitrogens with one attached hydrogen (secondary N) is 2. The zero-order chi connectivity index (χ0) is 20.7. The average Bonchev–Trinajstić information content (AvgIpc) is 2.64. The van der Waals surface area contributed by atoms with Crippen molar-refractivity contribution in [2.45, 2.75) is 60.4 Å². The van der Waals surface area contributed by atoms with Crippen molar-refractivity contribution in [3.63, 3.8) is 0 Å². The molecule has 0 aliphatic rings. The second-order valence-electron chi connectivity index (χ2n) is 6.96. The number of aryl methyl sites for hydroxylation is 1. The Labute approximate surface area is 166 Å². The second-order valence-corrected chi connectivity index (χ2v) is 6.96. The molecule has 0 spiro atoms. The van der Waals surface area contributed by atoms with E-state index in [0.29, 0.717) is 24.3 Å². The van der Waals surface area contributed by atoms with Crippen molar-refractivity contribution in [3.05, 3.63) is 68.0 Å². The van der Waals surface area contributed by atoms with Crippen LogP contribution in [0, 0.1) is 13.8 Å². The molecule has 1 aromatic heterocycles. The first-order valence-corrected chi connectivity index (χ1v) is 9.76. The number of aromatic amines is 1. The van der Waals surface area contributed by atoms with Gasteiger partial charge < -0.3 is 5.32 Å². The van der Waals surface area contributed by atoms with Crippen molar-refractivity contribution in [3.8, 4) is 0 Å². The van der Waals surface area contributed by atoms with E-state index in [-0.39, 0.29) is 5.56 Å². The monoisotopic (exact) mass is 382 g/mol. The molecule has 2 aromatic rings. The molecule has 0 saturated heterocycles. The van der Waals surface area contributed by atoms with Crippen molar-refractivity contribution >= 4 is 17.2 Å². The third kappa shape index (κ3) is 5.31. The maximum Gasteiger partial charge on any atom is 0.329 e. The molecule has 6 nitrogen and oxygen atoms in total. The lowest BCUT2D eigenvalue weighted by atomic mass is 10.1. The van der Waals surface area contributed by atoms with E-state index in [1.54, 1.807) is 6.92 Å². The van der Waals surface area contributed by atoms with Crippen LogP contribution < -0.4 is 16.6 Å². The molecule has 6 heteroatoms. The lowest BCUT2D eigenvalue weighted by Gasteiger charge is -2.15. The third-order valence-corrected chi connectivity index (χ3v) is 4.48. The first-order valence-electron chi connectivity index (χ1n) is 9.76. The van der Waals surface area contributed by atoms with Crippen LogP contribution in [0.4, 0.5) is 11.5 Å². The third-order valence-electron chi connectivity index (χ3n) is 4.48. The number of H-pyrrole nitrogens is 1. The van der Waals surface area contributed by atoms with Gasteiger partial charge in [0.15, 0.2) is 0 Å². The maximum absolute atomic E-state index is 12.2. The van der Waals surface area contributed by atoms with E-state index in [9.17, 15) is 9.59 Å². The minimum atomic E-state index is -0.411. The molecule has 0 fully saturated rings. The topological polar surface area (TPSA) is 79.2 Å². The first kappa shape index (κ1) is 21.4. The summed E-state index contributed by atoms with van der Waals surface area (Å²) in [5, 5.41) is 3.49. The first-order chi connectivity index (χ1) is 13.4. The van der Waals surface area contributed by atoms with Gasteiger partial charge >= 0.3 is 5.69 Å². The van der Waals surface area contributed by atoms with E-state index in [1.807, 2.05) is 32.0 Å². The summed E-state index contributed by atoms with van der Waals surface area (Å²) in [6.07, 6.45) is 4.42. The number of anilines is 1. The lowest BCUT2D eigenvalue weighted by molar-refractivity contribution is 0.632. The van der Waals surface area contributed by atoms with Gasteiger partial charge in [-0.05, 0) is 45.2 Å². The molecule has 28 heavy (non-hydrogen) atoms. The number of allylic oxidation sites excluding steroid dienone is 2. The highest BCUT2D eigenvalue weighted by Gasteiger charge is 2.11. The molecule has 0 radical (unpaired) electrons. The molecule has 1 heterocycles. The van der Waals surface area contributed by atoms with Crippen molar-refractivity contribution in [2.75, 3.05) is 5.32 Å². The predicted molar refractivity (Wildman–Crippen MR) is 117 cm³/mol. The molecule has 1 aromatic carbocycles. The van der Waals surface area contributed by atoms with Gasteiger partial charge in [0.05, 0.1) is 5.56 Å². The summed E-state index contributed by atoms with van der Waals surface area (Å²) in [6, 6.07) is 8.13. The fourth-order valence-corrected chi connectivity index (χ4v) is 3.03. The molecule has 0 aliphatic heterocycles. The van der Waals surface area contributed by atoms with Gasteiger partial charge in [-0.2, -0.15) is 0 Å². The summed E-state index contributed by atoms with van der Waals surface area (Å²) in [7, 11) is 0. The number of nitrogens with zero attached hydrogens (tertiary/aromatic N) is 2. The Kier molecular flexibility index (Phi) is 7.55. The summed E-state index contributed by atoms with van der Waals surface area (Å²) < 4.78 is 1.54. The Bertz CT molecular complexity index is 996. The van der Waals surface area contributed by atoms with Gasteiger partial charge in [-0.1, -0.05) is 38.1 Å². The Morgan fingerprint density at radius 2 is 1.93 bits per heavy atom. The van der Waals surface area contributed by atoms with Crippen LogP contribution in [0.25, 0.3) is 0 Å². The number of hydrogen-bond donors (Lipinski definition) is 2. The van der Waals surface area contributed by atoms with Crippen LogP contribution in [-0.2, 0) is 6.54 Å². The molecule has 0 bridgehead atoms. The van der Waals surface area contributed by atoms with Crippen molar-refractivity contribution in [1.82, 2.24) is 9.55 Å². The molecular formula is C22H30N4O2. The van der Waals surface area contributed by atoms with Crippen LogP contribution in [0.5, 0.6) is 0 Å². The van der Waals surface area contributed by atoms with Gasteiger partial charge in [-0.25, -0.2) is 9.79 Å². The highest BCUT2D eigenvalue weighted by atomic mass is 16.2. The van der Waals surface area contributed by atoms with E-state index < -0.39 is 5.69 Å². The maximum atomic E-state index is 12.2. The summed E-state index contributed by atoms with van der Waals surface area (Å²) in [6.45, 7) is 10.3. The molecule has 0 saturated carbocycles. The van der Waals surface area contributed by atoms with Crippen molar-refractivity contribution < 1.29 is 0 Å². The fourth-order valence-electron chi connectivity index (χ4n) is 3.03. The molecule has 150 valence electrons. The zero-order valence-corrected chi connectivity index (χ0v) is 17.4. The van der Waals surface area contributed by atoms with E-state index in [4.69, 9.17) is 0 Å². The van der Waals surface area contributed by atoms with Crippen LogP contribution in [0.3, 0.4) is 0 Å². The Morgan fingerprint density at radius 1 is 1.21 bits per heavy atom. The van der Waals surface area contributed by atoms with E-state index in [0.717, 1.165) is 29.9 Å². The average molecular weight is 383 g/mol. The van der Waals surface area contributed by atoms with Gasteiger partial charge in [-0.3, -0.25) is 14.3 Å². The molecule has 0 aliphatic carbocycles.